The fraction of sp³-hybridized carbons (Fsp3) is 0.174. The number of benzene rings is 2. The molecule has 9 nitrogen and oxygen atoms in total. The molecule has 0 atom stereocenters. The van der Waals surface area contributed by atoms with Crippen molar-refractivity contribution in [3.8, 4) is 5.75 Å². The van der Waals surface area contributed by atoms with Gasteiger partial charge in [-0.3, -0.25) is 14.6 Å². The topological polar surface area (TPSA) is 126 Å². The molecule has 12 heteroatoms. The van der Waals surface area contributed by atoms with E-state index in [4.69, 9.17) is 21.4 Å². The summed E-state index contributed by atoms with van der Waals surface area (Å²) in [6.07, 6.45) is 1.85. The maximum absolute atomic E-state index is 12.9. The average molecular weight is 528 g/mol. The van der Waals surface area contributed by atoms with Gasteiger partial charge in [-0.1, -0.05) is 23.7 Å². The van der Waals surface area contributed by atoms with Crippen LogP contribution >= 0.6 is 11.6 Å². The number of nitrogens with one attached hydrogen (secondary N) is 1. The van der Waals surface area contributed by atoms with Crippen LogP contribution in [0.4, 0.5) is 5.69 Å². The minimum absolute atomic E-state index is 0. The Hall–Kier alpha value is -2.47. The van der Waals surface area contributed by atoms with Gasteiger partial charge < -0.3 is 15.2 Å². The third kappa shape index (κ3) is 7.03. The summed E-state index contributed by atoms with van der Waals surface area (Å²) in [5.41, 5.74) is 1.59. The number of pyridine rings is 1. The molecule has 0 radical (unpaired) electrons. The summed E-state index contributed by atoms with van der Waals surface area (Å²) < 4.78 is 31.5. The zero-order valence-corrected chi connectivity index (χ0v) is 19.7. The third-order valence-corrected chi connectivity index (χ3v) is 6.91. The molecule has 2 aromatic carbocycles. The first kappa shape index (κ1) is 28.8. The van der Waals surface area contributed by atoms with Crippen LogP contribution in [-0.2, 0) is 27.8 Å². The molecule has 1 aromatic heterocycles. The monoisotopic (exact) mass is 527 g/mol. The summed E-state index contributed by atoms with van der Waals surface area (Å²) >= 11 is 5.97. The fourth-order valence-electron chi connectivity index (χ4n) is 3.06. The SMILES string of the molecule is COc1cc(C(=O)NCCc2ccc(S(=O)(=O)N(C=O)c3ccc(CO)nc3)cc2)ccc1Cl.[NaH]. The second-order valence-electron chi connectivity index (χ2n) is 7.07. The molecule has 3 rings (SSSR count). The first-order valence-corrected chi connectivity index (χ1v) is 11.9. The molecule has 35 heavy (non-hydrogen) atoms. The van der Waals surface area contributed by atoms with E-state index in [9.17, 15) is 18.0 Å². The second-order valence-corrected chi connectivity index (χ2v) is 9.29. The van der Waals surface area contributed by atoms with E-state index in [-0.39, 0.29) is 59.1 Å². The molecule has 1 heterocycles. The van der Waals surface area contributed by atoms with Crippen LogP contribution in [0, 0.1) is 0 Å². The van der Waals surface area contributed by atoms with Gasteiger partial charge in [-0.25, -0.2) is 12.7 Å². The van der Waals surface area contributed by atoms with Crippen LogP contribution in [-0.4, -0.2) is 74.0 Å². The molecular weight excluding hydrogens is 505 g/mol. The molecule has 0 aliphatic heterocycles. The number of carbonyl (C=O) groups excluding carboxylic acids is 2. The summed E-state index contributed by atoms with van der Waals surface area (Å²) in [5.74, 6) is 0.104. The van der Waals surface area contributed by atoms with Crippen molar-refractivity contribution in [1.29, 1.82) is 0 Å². The molecule has 0 aliphatic rings. The molecule has 2 N–H and O–H groups in total. The van der Waals surface area contributed by atoms with Gasteiger partial charge in [0, 0.05) is 12.1 Å². The van der Waals surface area contributed by atoms with Gasteiger partial charge in [0.25, 0.3) is 15.9 Å². The van der Waals surface area contributed by atoms with E-state index < -0.39 is 10.0 Å². The molecule has 0 unspecified atom stereocenters. The molecule has 0 aliphatic carbocycles. The predicted molar refractivity (Wildman–Crippen MR) is 134 cm³/mol. The maximum atomic E-state index is 12.9. The number of amides is 2. The quantitative estimate of drug-likeness (QED) is 0.305. The number of halogens is 1. The van der Waals surface area contributed by atoms with Gasteiger partial charge in [0.05, 0.1) is 41.2 Å². The van der Waals surface area contributed by atoms with Crippen molar-refractivity contribution < 1.29 is 27.9 Å². The van der Waals surface area contributed by atoms with Crippen molar-refractivity contribution in [2.75, 3.05) is 18.0 Å². The van der Waals surface area contributed by atoms with Crippen LogP contribution in [0.1, 0.15) is 21.6 Å². The van der Waals surface area contributed by atoms with Gasteiger partial charge in [0.15, 0.2) is 0 Å². The number of aliphatic hydroxyl groups excluding tert-OH is 1. The predicted octanol–water partition coefficient (Wildman–Crippen LogP) is 1.91. The number of nitrogens with zero attached hydrogens (tertiary/aromatic N) is 2. The first-order valence-electron chi connectivity index (χ1n) is 10.1. The molecule has 0 saturated carbocycles. The summed E-state index contributed by atoms with van der Waals surface area (Å²) in [6.45, 7) is 0.0170. The van der Waals surface area contributed by atoms with Crippen LogP contribution in [0.15, 0.2) is 65.7 Å². The second kappa shape index (κ2) is 13.0. The minimum atomic E-state index is -4.15. The Morgan fingerprint density at radius 2 is 1.89 bits per heavy atom. The number of methoxy groups -OCH3 is 1. The Morgan fingerprint density at radius 1 is 1.17 bits per heavy atom. The van der Waals surface area contributed by atoms with Crippen LogP contribution < -0.4 is 14.4 Å². The van der Waals surface area contributed by atoms with E-state index in [1.54, 1.807) is 30.3 Å². The Balaban J connectivity index is 0.00000432. The number of anilines is 1. The van der Waals surface area contributed by atoms with E-state index in [1.165, 1.54) is 37.6 Å². The summed E-state index contributed by atoms with van der Waals surface area (Å²) in [5, 5.41) is 12.3. The van der Waals surface area contributed by atoms with Gasteiger partial charge in [-0.05, 0) is 54.4 Å². The molecule has 0 saturated heterocycles. The van der Waals surface area contributed by atoms with E-state index in [0.29, 0.717) is 39.3 Å². The van der Waals surface area contributed by atoms with Crippen LogP contribution in [0.3, 0.4) is 0 Å². The fourth-order valence-corrected chi connectivity index (χ4v) is 4.46. The molecule has 0 bridgehead atoms. The van der Waals surface area contributed by atoms with E-state index >= 15 is 0 Å². The number of sulfonamides is 1. The van der Waals surface area contributed by atoms with Crippen molar-refractivity contribution in [1.82, 2.24) is 10.3 Å². The number of hydrogen-bond donors (Lipinski definition) is 2. The van der Waals surface area contributed by atoms with Gasteiger partial charge in [0.1, 0.15) is 5.75 Å². The van der Waals surface area contributed by atoms with Crippen LogP contribution in [0.2, 0.25) is 5.02 Å². The zero-order valence-electron chi connectivity index (χ0n) is 18.1. The van der Waals surface area contributed by atoms with E-state index in [0.717, 1.165) is 5.56 Å². The number of hydrogen-bond acceptors (Lipinski definition) is 7. The molecular formula is C23H23ClN3NaO6S. The molecule has 3 aromatic rings. The molecule has 180 valence electrons. The Bertz CT molecular complexity index is 1270. The Kier molecular flexibility index (Phi) is 10.7. The van der Waals surface area contributed by atoms with E-state index in [1.807, 2.05) is 0 Å². The van der Waals surface area contributed by atoms with E-state index in [2.05, 4.69) is 10.3 Å². The standard InChI is InChI=1S/C23H22ClN3O6S.Na.H/c1-33-22-12-17(4-9-21(22)24)23(30)25-11-10-16-2-7-20(8-3-16)34(31,32)27(15-29)19-6-5-18(14-28)26-13-19;;/h2-9,12-13,15,28H,10-11,14H2,1H3,(H,25,30);;. The number of aromatic nitrogens is 1. The number of ether oxygens (including phenoxy) is 1. The number of carbonyl (C=O) groups is 2. The first-order chi connectivity index (χ1) is 16.3. The number of rotatable bonds is 10. The van der Waals surface area contributed by atoms with Crippen molar-refractivity contribution in [2.45, 2.75) is 17.9 Å². The number of aliphatic hydroxyl groups is 1. The van der Waals surface area contributed by atoms with Gasteiger partial charge >= 0.3 is 29.6 Å². The van der Waals surface area contributed by atoms with Gasteiger partial charge in [0.2, 0.25) is 6.41 Å². The Labute approximate surface area is 230 Å². The summed E-state index contributed by atoms with van der Waals surface area (Å²) in [6, 6.07) is 13.5. The van der Waals surface area contributed by atoms with Crippen LogP contribution in [0.5, 0.6) is 5.75 Å². The molecule has 0 spiro atoms. The zero-order chi connectivity index (χ0) is 24.7. The molecule has 2 amide bonds. The normalized spacial score (nSPS) is 10.7. The van der Waals surface area contributed by atoms with Crippen molar-refractivity contribution in [2.24, 2.45) is 0 Å². The van der Waals surface area contributed by atoms with Gasteiger partial charge in [-0.15, -0.1) is 0 Å². The average Bonchev–Trinajstić information content (AvgIpc) is 2.85. The summed E-state index contributed by atoms with van der Waals surface area (Å²) in [4.78, 5) is 27.7. The van der Waals surface area contributed by atoms with Crippen LogP contribution in [0.25, 0.3) is 0 Å². The van der Waals surface area contributed by atoms with Gasteiger partial charge in [-0.2, -0.15) is 0 Å². The summed E-state index contributed by atoms with van der Waals surface area (Å²) in [7, 11) is -2.69. The Morgan fingerprint density at radius 3 is 2.46 bits per heavy atom. The van der Waals surface area contributed by atoms with Crippen molar-refractivity contribution in [3.63, 3.8) is 0 Å². The van der Waals surface area contributed by atoms with Crippen molar-refractivity contribution in [3.05, 3.63) is 82.6 Å². The molecule has 0 fully saturated rings. The third-order valence-electron chi connectivity index (χ3n) is 4.91. The van der Waals surface area contributed by atoms with Crippen molar-refractivity contribution >= 4 is 69.2 Å².